The first-order chi connectivity index (χ1) is 9.81. The lowest BCUT2D eigenvalue weighted by Crippen LogP contribution is -2.40. The first-order valence-electron chi connectivity index (χ1n) is 8.17. The molecule has 0 spiro atoms. The predicted molar refractivity (Wildman–Crippen MR) is 79.7 cm³/mol. The molecule has 0 amide bonds. The first-order valence-corrected chi connectivity index (χ1v) is 8.17. The van der Waals surface area contributed by atoms with Gasteiger partial charge in [-0.2, -0.15) is 5.10 Å². The van der Waals surface area contributed by atoms with Gasteiger partial charge < -0.3 is 10.4 Å². The highest BCUT2D eigenvalue weighted by Gasteiger charge is 2.32. The van der Waals surface area contributed by atoms with Gasteiger partial charge in [-0.15, -0.1) is 0 Å². The number of aliphatic hydroxyl groups excluding tert-OH is 1. The van der Waals surface area contributed by atoms with Gasteiger partial charge in [-0.1, -0.05) is 19.3 Å². The second-order valence-corrected chi connectivity index (χ2v) is 6.66. The highest BCUT2D eigenvalue weighted by Crippen LogP contribution is 2.33. The van der Waals surface area contributed by atoms with Crippen LogP contribution in [0.5, 0.6) is 0 Å². The Hall–Kier alpha value is -0.870. The summed E-state index contributed by atoms with van der Waals surface area (Å²) in [4.78, 5) is 0. The van der Waals surface area contributed by atoms with E-state index in [0.717, 1.165) is 38.0 Å². The number of rotatable bonds is 4. The minimum Gasteiger partial charge on any atom is -0.396 e. The molecule has 1 aliphatic carbocycles. The molecule has 1 aliphatic heterocycles. The van der Waals surface area contributed by atoms with Crippen LogP contribution in [0.3, 0.4) is 0 Å². The fraction of sp³-hybridized carbons (Fsp3) is 0.812. The second kappa shape index (κ2) is 6.27. The number of piperidine rings is 1. The average Bonchev–Trinajstić information content (AvgIpc) is 2.97. The largest absolute Gasteiger partial charge is 0.396 e. The molecular formula is C16H27N3O. The summed E-state index contributed by atoms with van der Waals surface area (Å²) in [5.41, 5.74) is 1.21. The third kappa shape index (κ3) is 3.07. The minimum absolute atomic E-state index is 0.0526. The highest BCUT2D eigenvalue weighted by atomic mass is 16.3. The molecule has 1 aromatic rings. The first kappa shape index (κ1) is 14.1. The Morgan fingerprint density at radius 3 is 2.70 bits per heavy atom. The van der Waals surface area contributed by atoms with Gasteiger partial charge in [0.2, 0.25) is 0 Å². The molecule has 4 nitrogen and oxygen atoms in total. The molecule has 1 saturated carbocycles. The quantitative estimate of drug-likeness (QED) is 0.888. The zero-order valence-corrected chi connectivity index (χ0v) is 12.4. The molecule has 1 aromatic heterocycles. The number of aromatic nitrogens is 2. The van der Waals surface area contributed by atoms with Crippen LogP contribution in [0.15, 0.2) is 12.3 Å². The fourth-order valence-electron chi connectivity index (χ4n) is 3.75. The van der Waals surface area contributed by atoms with Crippen molar-refractivity contribution in [3.63, 3.8) is 0 Å². The molecule has 2 N–H and O–H groups in total. The fourth-order valence-corrected chi connectivity index (χ4v) is 3.75. The van der Waals surface area contributed by atoms with Gasteiger partial charge >= 0.3 is 0 Å². The summed E-state index contributed by atoms with van der Waals surface area (Å²) in [6.07, 6.45) is 11.8. The summed E-state index contributed by atoms with van der Waals surface area (Å²) in [5.74, 6) is 0. The van der Waals surface area contributed by atoms with E-state index in [1.807, 2.05) is 0 Å². The smallest absolute Gasteiger partial charge is 0.0631 e. The molecule has 2 heterocycles. The van der Waals surface area contributed by atoms with Crippen LogP contribution in [-0.2, 0) is 6.42 Å². The molecule has 4 heteroatoms. The normalized spacial score (nSPS) is 23.9. The Labute approximate surface area is 121 Å². The lowest BCUT2D eigenvalue weighted by atomic mass is 9.76. The van der Waals surface area contributed by atoms with E-state index in [4.69, 9.17) is 5.10 Å². The van der Waals surface area contributed by atoms with Crippen molar-refractivity contribution in [2.45, 2.75) is 57.4 Å². The molecule has 112 valence electrons. The monoisotopic (exact) mass is 277 g/mol. The molecule has 0 bridgehead atoms. The van der Waals surface area contributed by atoms with E-state index >= 15 is 0 Å². The Morgan fingerprint density at radius 1 is 1.25 bits per heavy atom. The lowest BCUT2D eigenvalue weighted by Gasteiger charge is -2.35. The molecule has 2 fully saturated rings. The molecule has 0 radical (unpaired) electrons. The lowest BCUT2D eigenvalue weighted by molar-refractivity contribution is 0.0880. The molecule has 1 saturated heterocycles. The molecule has 0 unspecified atom stereocenters. The van der Waals surface area contributed by atoms with E-state index in [2.05, 4.69) is 22.3 Å². The van der Waals surface area contributed by atoms with Gasteiger partial charge in [0.25, 0.3) is 0 Å². The van der Waals surface area contributed by atoms with Crippen molar-refractivity contribution in [2.75, 3.05) is 19.7 Å². The van der Waals surface area contributed by atoms with Crippen molar-refractivity contribution in [3.8, 4) is 0 Å². The molecular weight excluding hydrogens is 250 g/mol. The van der Waals surface area contributed by atoms with E-state index in [1.165, 1.54) is 32.1 Å². The van der Waals surface area contributed by atoms with Crippen LogP contribution in [0, 0.1) is 5.41 Å². The molecule has 0 atom stereocenters. The number of hydrogen-bond acceptors (Lipinski definition) is 3. The summed E-state index contributed by atoms with van der Waals surface area (Å²) in [5, 5.41) is 18.0. The standard InChI is InChI=1S/C16H27N3O/c20-13-16(7-9-17-10-8-16)12-14-6-11-19(18-14)15-4-2-1-3-5-15/h6,11,15,17,20H,1-5,7-10,12-13H2. The van der Waals surface area contributed by atoms with E-state index in [0.29, 0.717) is 6.04 Å². The Morgan fingerprint density at radius 2 is 2.00 bits per heavy atom. The van der Waals surface area contributed by atoms with Crippen LogP contribution in [-0.4, -0.2) is 34.6 Å². The number of nitrogens with zero attached hydrogens (tertiary/aromatic N) is 2. The summed E-state index contributed by atoms with van der Waals surface area (Å²) < 4.78 is 2.18. The molecule has 0 aromatic carbocycles. The zero-order valence-electron chi connectivity index (χ0n) is 12.4. The van der Waals surface area contributed by atoms with Crippen molar-refractivity contribution < 1.29 is 5.11 Å². The number of hydrogen-bond donors (Lipinski definition) is 2. The minimum atomic E-state index is 0.0526. The average molecular weight is 277 g/mol. The Bertz CT molecular complexity index is 417. The van der Waals surface area contributed by atoms with Gasteiger partial charge in [-0.3, -0.25) is 4.68 Å². The van der Waals surface area contributed by atoms with Crippen molar-refractivity contribution in [1.82, 2.24) is 15.1 Å². The summed E-state index contributed by atoms with van der Waals surface area (Å²) in [6, 6.07) is 2.77. The van der Waals surface area contributed by atoms with E-state index < -0.39 is 0 Å². The van der Waals surface area contributed by atoms with Crippen molar-refractivity contribution in [1.29, 1.82) is 0 Å². The maximum atomic E-state index is 9.80. The summed E-state index contributed by atoms with van der Waals surface area (Å²) in [6.45, 7) is 2.32. The van der Waals surface area contributed by atoms with Gasteiger partial charge in [0.1, 0.15) is 0 Å². The van der Waals surface area contributed by atoms with Crippen LogP contribution >= 0.6 is 0 Å². The third-order valence-corrected chi connectivity index (χ3v) is 5.17. The number of nitrogens with one attached hydrogen (secondary N) is 1. The number of aliphatic hydroxyl groups is 1. The second-order valence-electron chi connectivity index (χ2n) is 6.66. The van der Waals surface area contributed by atoms with Gasteiger partial charge in [0.05, 0.1) is 11.7 Å². The Balaban J connectivity index is 1.66. The molecule has 2 aliphatic rings. The van der Waals surface area contributed by atoms with Crippen LogP contribution < -0.4 is 5.32 Å². The van der Waals surface area contributed by atoms with E-state index in [9.17, 15) is 5.11 Å². The topological polar surface area (TPSA) is 50.1 Å². The van der Waals surface area contributed by atoms with Gasteiger partial charge in [-0.05, 0) is 51.3 Å². The zero-order chi connectivity index (χ0) is 13.8. The molecule has 20 heavy (non-hydrogen) atoms. The third-order valence-electron chi connectivity index (χ3n) is 5.17. The molecule has 3 rings (SSSR count). The van der Waals surface area contributed by atoms with Crippen molar-refractivity contribution >= 4 is 0 Å². The highest BCUT2D eigenvalue weighted by molar-refractivity contribution is 5.05. The van der Waals surface area contributed by atoms with E-state index in [1.54, 1.807) is 0 Å². The van der Waals surface area contributed by atoms with Crippen LogP contribution in [0.25, 0.3) is 0 Å². The van der Waals surface area contributed by atoms with Crippen molar-refractivity contribution in [3.05, 3.63) is 18.0 Å². The van der Waals surface area contributed by atoms with Crippen molar-refractivity contribution in [2.24, 2.45) is 5.41 Å². The maximum Gasteiger partial charge on any atom is 0.0631 e. The van der Waals surface area contributed by atoms with Gasteiger partial charge in [0.15, 0.2) is 0 Å². The summed E-state index contributed by atoms with van der Waals surface area (Å²) in [7, 11) is 0. The van der Waals surface area contributed by atoms with Gasteiger partial charge in [0, 0.05) is 18.2 Å². The van der Waals surface area contributed by atoms with Crippen LogP contribution in [0.1, 0.15) is 56.7 Å². The Kier molecular flexibility index (Phi) is 4.41. The summed E-state index contributed by atoms with van der Waals surface area (Å²) >= 11 is 0. The predicted octanol–water partition coefficient (Wildman–Crippen LogP) is 2.29. The van der Waals surface area contributed by atoms with Gasteiger partial charge in [-0.25, -0.2) is 0 Å². The van der Waals surface area contributed by atoms with Crippen LogP contribution in [0.4, 0.5) is 0 Å². The van der Waals surface area contributed by atoms with E-state index in [-0.39, 0.29) is 12.0 Å². The maximum absolute atomic E-state index is 9.80. The SMILES string of the molecule is OCC1(Cc2ccn(C3CCCCC3)n2)CCNCC1. The van der Waals surface area contributed by atoms with Crippen LogP contribution in [0.2, 0.25) is 0 Å².